The van der Waals surface area contributed by atoms with Gasteiger partial charge in [-0.1, -0.05) is 32.9 Å². The topological polar surface area (TPSA) is 71.5 Å². The molecule has 6 nitrogen and oxygen atoms in total. The number of rotatable bonds is 3. The number of ether oxygens (including phenoxy) is 1. The second-order valence-electron chi connectivity index (χ2n) is 6.28. The Hall–Kier alpha value is -2.41. The SMILES string of the molecule is COc1ccccc1-n1c(-c2cc(C(C)(C)C)[nH]n2)n[nH]c1=S. The molecule has 0 fully saturated rings. The summed E-state index contributed by atoms with van der Waals surface area (Å²) in [7, 11) is 1.63. The number of para-hydroxylation sites is 2. The Morgan fingerprint density at radius 3 is 2.52 bits per heavy atom. The molecule has 0 unspecified atom stereocenters. The summed E-state index contributed by atoms with van der Waals surface area (Å²) in [4.78, 5) is 0. The average molecular weight is 329 g/mol. The van der Waals surface area contributed by atoms with Crippen molar-refractivity contribution in [2.75, 3.05) is 7.11 Å². The molecule has 0 saturated heterocycles. The minimum absolute atomic E-state index is 0.0202. The number of methoxy groups -OCH3 is 1. The molecule has 0 aliphatic carbocycles. The molecule has 0 atom stereocenters. The van der Waals surface area contributed by atoms with Crippen molar-refractivity contribution in [3.8, 4) is 23.0 Å². The molecule has 2 N–H and O–H groups in total. The van der Waals surface area contributed by atoms with E-state index in [9.17, 15) is 0 Å². The second kappa shape index (κ2) is 5.66. The smallest absolute Gasteiger partial charge is 0.200 e. The predicted octanol–water partition coefficient (Wildman–Crippen LogP) is 3.63. The Labute approximate surface area is 139 Å². The highest BCUT2D eigenvalue weighted by molar-refractivity contribution is 7.71. The van der Waals surface area contributed by atoms with Crippen LogP contribution in [0.1, 0.15) is 26.5 Å². The summed E-state index contributed by atoms with van der Waals surface area (Å²) < 4.78 is 7.76. The molecule has 23 heavy (non-hydrogen) atoms. The third-order valence-electron chi connectivity index (χ3n) is 3.61. The van der Waals surface area contributed by atoms with E-state index in [-0.39, 0.29) is 5.41 Å². The Bertz CT molecular complexity index is 884. The van der Waals surface area contributed by atoms with Gasteiger partial charge in [-0.3, -0.25) is 14.8 Å². The molecule has 3 rings (SSSR count). The van der Waals surface area contributed by atoms with Crippen molar-refractivity contribution in [1.82, 2.24) is 25.0 Å². The summed E-state index contributed by atoms with van der Waals surface area (Å²) in [6.45, 7) is 6.38. The van der Waals surface area contributed by atoms with E-state index in [2.05, 4.69) is 41.2 Å². The molecule has 3 aromatic rings. The van der Waals surface area contributed by atoms with Crippen LogP contribution in [-0.4, -0.2) is 32.1 Å². The number of H-pyrrole nitrogens is 2. The van der Waals surface area contributed by atoms with Crippen LogP contribution in [-0.2, 0) is 5.41 Å². The van der Waals surface area contributed by atoms with Gasteiger partial charge in [-0.2, -0.15) is 10.2 Å². The van der Waals surface area contributed by atoms with Crippen LogP contribution >= 0.6 is 12.2 Å². The number of aromatic amines is 2. The molecule has 0 radical (unpaired) electrons. The normalized spacial score (nSPS) is 11.7. The zero-order chi connectivity index (χ0) is 16.6. The van der Waals surface area contributed by atoms with E-state index in [1.165, 1.54) is 0 Å². The fraction of sp³-hybridized carbons (Fsp3) is 0.312. The van der Waals surface area contributed by atoms with Gasteiger partial charge < -0.3 is 4.74 Å². The number of aromatic nitrogens is 5. The molecule has 0 aliphatic rings. The molecular weight excluding hydrogens is 310 g/mol. The lowest BCUT2D eigenvalue weighted by atomic mass is 9.92. The van der Waals surface area contributed by atoms with Crippen molar-refractivity contribution in [1.29, 1.82) is 0 Å². The van der Waals surface area contributed by atoms with Gasteiger partial charge in [-0.05, 0) is 30.4 Å². The summed E-state index contributed by atoms with van der Waals surface area (Å²) >= 11 is 5.39. The average Bonchev–Trinajstić information content (AvgIpc) is 3.13. The monoisotopic (exact) mass is 329 g/mol. The molecular formula is C16H19N5OS. The summed E-state index contributed by atoms with van der Waals surface area (Å²) in [5, 5.41) is 14.7. The maximum Gasteiger partial charge on any atom is 0.200 e. The van der Waals surface area contributed by atoms with Crippen molar-refractivity contribution in [2.45, 2.75) is 26.2 Å². The van der Waals surface area contributed by atoms with Crippen LogP contribution in [0.5, 0.6) is 5.75 Å². The summed E-state index contributed by atoms with van der Waals surface area (Å²) in [6.07, 6.45) is 0. The molecule has 2 aromatic heterocycles. The van der Waals surface area contributed by atoms with E-state index < -0.39 is 0 Å². The van der Waals surface area contributed by atoms with Crippen molar-refractivity contribution in [3.05, 3.63) is 40.8 Å². The van der Waals surface area contributed by atoms with Crippen LogP contribution in [0.4, 0.5) is 0 Å². The van der Waals surface area contributed by atoms with E-state index in [0.29, 0.717) is 10.6 Å². The van der Waals surface area contributed by atoms with Crippen LogP contribution in [0.15, 0.2) is 30.3 Å². The molecule has 0 aliphatic heterocycles. The Morgan fingerprint density at radius 1 is 1.13 bits per heavy atom. The van der Waals surface area contributed by atoms with Crippen molar-refractivity contribution < 1.29 is 4.74 Å². The van der Waals surface area contributed by atoms with Crippen LogP contribution in [0, 0.1) is 4.77 Å². The molecule has 2 heterocycles. The van der Waals surface area contributed by atoms with Gasteiger partial charge >= 0.3 is 0 Å². The molecule has 0 amide bonds. The Kier molecular flexibility index (Phi) is 3.81. The first-order valence-electron chi connectivity index (χ1n) is 7.29. The molecule has 0 saturated carbocycles. The first-order valence-corrected chi connectivity index (χ1v) is 7.69. The van der Waals surface area contributed by atoms with Gasteiger partial charge in [0.05, 0.1) is 12.8 Å². The molecule has 120 valence electrons. The van der Waals surface area contributed by atoms with Gasteiger partial charge in [0.15, 0.2) is 10.6 Å². The highest BCUT2D eigenvalue weighted by Gasteiger charge is 2.21. The molecule has 0 bridgehead atoms. The van der Waals surface area contributed by atoms with Crippen molar-refractivity contribution in [3.63, 3.8) is 0 Å². The zero-order valence-corrected chi connectivity index (χ0v) is 14.4. The summed E-state index contributed by atoms with van der Waals surface area (Å²) in [5.41, 5.74) is 2.57. The highest BCUT2D eigenvalue weighted by atomic mass is 32.1. The first-order chi connectivity index (χ1) is 10.9. The Morgan fingerprint density at radius 2 is 1.87 bits per heavy atom. The van der Waals surface area contributed by atoms with E-state index in [4.69, 9.17) is 17.0 Å². The maximum atomic E-state index is 5.44. The number of nitrogens with one attached hydrogen (secondary N) is 2. The fourth-order valence-corrected chi connectivity index (χ4v) is 2.56. The molecule has 0 spiro atoms. The van der Waals surface area contributed by atoms with Crippen molar-refractivity contribution >= 4 is 12.2 Å². The summed E-state index contributed by atoms with van der Waals surface area (Å²) in [6, 6.07) is 9.67. The van der Waals surface area contributed by atoms with E-state index in [1.807, 2.05) is 34.9 Å². The largest absolute Gasteiger partial charge is 0.495 e. The van der Waals surface area contributed by atoms with E-state index >= 15 is 0 Å². The number of benzene rings is 1. The molecule has 1 aromatic carbocycles. The predicted molar refractivity (Wildman–Crippen MR) is 91.6 cm³/mol. The maximum absolute atomic E-state index is 5.44. The minimum Gasteiger partial charge on any atom is -0.495 e. The minimum atomic E-state index is -0.0202. The summed E-state index contributed by atoms with van der Waals surface area (Å²) in [5.74, 6) is 1.36. The Balaban J connectivity index is 2.17. The highest BCUT2D eigenvalue weighted by Crippen LogP contribution is 2.29. The van der Waals surface area contributed by atoms with Gasteiger partial charge in [0, 0.05) is 11.1 Å². The lowest BCUT2D eigenvalue weighted by Crippen LogP contribution is -2.11. The lowest BCUT2D eigenvalue weighted by molar-refractivity contribution is 0.413. The van der Waals surface area contributed by atoms with Crippen LogP contribution in [0.25, 0.3) is 17.2 Å². The zero-order valence-electron chi connectivity index (χ0n) is 13.5. The third-order valence-corrected chi connectivity index (χ3v) is 3.89. The van der Waals surface area contributed by atoms with Crippen LogP contribution < -0.4 is 4.74 Å². The molecule has 7 heteroatoms. The van der Waals surface area contributed by atoms with Crippen molar-refractivity contribution in [2.24, 2.45) is 0 Å². The first kappa shape index (κ1) is 15.5. The van der Waals surface area contributed by atoms with Gasteiger partial charge in [0.1, 0.15) is 11.4 Å². The van der Waals surface area contributed by atoms with Gasteiger partial charge in [0.2, 0.25) is 0 Å². The van der Waals surface area contributed by atoms with E-state index in [0.717, 1.165) is 22.8 Å². The van der Waals surface area contributed by atoms with Crippen LogP contribution in [0.2, 0.25) is 0 Å². The quantitative estimate of drug-likeness (QED) is 0.720. The number of hydrogen-bond acceptors (Lipinski definition) is 4. The third kappa shape index (κ3) is 2.79. The van der Waals surface area contributed by atoms with Crippen LogP contribution in [0.3, 0.4) is 0 Å². The van der Waals surface area contributed by atoms with Gasteiger partial charge in [-0.15, -0.1) is 0 Å². The standard InChI is InChI=1S/C16H19N5OS/c1-16(2,3)13-9-10(17-18-13)14-19-20-15(23)21(14)11-7-5-6-8-12(11)22-4/h5-9H,1-4H3,(H,17,18)(H,20,23). The second-order valence-corrected chi connectivity index (χ2v) is 6.66. The number of nitrogens with zero attached hydrogens (tertiary/aromatic N) is 3. The fourth-order valence-electron chi connectivity index (χ4n) is 2.33. The number of hydrogen-bond donors (Lipinski definition) is 2. The van der Waals surface area contributed by atoms with E-state index in [1.54, 1.807) is 7.11 Å². The lowest BCUT2D eigenvalue weighted by Gasteiger charge is -2.14. The van der Waals surface area contributed by atoms with Gasteiger partial charge in [0.25, 0.3) is 0 Å². The van der Waals surface area contributed by atoms with Gasteiger partial charge in [-0.25, -0.2) is 0 Å².